The molecule has 8 nitrogen and oxygen atoms in total. The summed E-state index contributed by atoms with van der Waals surface area (Å²) in [5.74, 6) is 1.76. The number of fused-ring (bicyclic) bond motifs is 1. The number of carbonyl (C=O) groups is 1. The molecule has 1 aliphatic carbocycles. The van der Waals surface area contributed by atoms with E-state index in [0.717, 1.165) is 57.3 Å². The summed E-state index contributed by atoms with van der Waals surface area (Å²) in [6, 6.07) is 8.40. The molecule has 3 aromatic rings. The lowest BCUT2D eigenvalue weighted by Gasteiger charge is -2.30. The summed E-state index contributed by atoms with van der Waals surface area (Å²) in [7, 11) is 0. The molecule has 1 saturated heterocycles. The first kappa shape index (κ1) is 20.6. The quantitative estimate of drug-likeness (QED) is 0.629. The van der Waals surface area contributed by atoms with E-state index in [1.54, 1.807) is 6.20 Å². The lowest BCUT2D eigenvalue weighted by molar-refractivity contribution is -0.135. The van der Waals surface area contributed by atoms with Crippen molar-refractivity contribution in [2.45, 2.75) is 51.5 Å². The van der Waals surface area contributed by atoms with Gasteiger partial charge in [-0.15, -0.1) is 0 Å². The summed E-state index contributed by atoms with van der Waals surface area (Å²) in [5.41, 5.74) is 3.51. The molecule has 1 saturated carbocycles. The molecular weight excluding hydrogens is 402 g/mol. The van der Waals surface area contributed by atoms with Crippen LogP contribution in [0.3, 0.4) is 0 Å². The zero-order chi connectivity index (χ0) is 21.9. The predicted octanol–water partition coefficient (Wildman–Crippen LogP) is 4.06. The van der Waals surface area contributed by atoms with Crippen LogP contribution in [-0.2, 0) is 4.79 Å². The largest absolute Gasteiger partial charge is 0.351 e. The number of anilines is 3. The van der Waals surface area contributed by atoms with Crippen LogP contribution in [-0.4, -0.2) is 49.9 Å². The van der Waals surface area contributed by atoms with Gasteiger partial charge in [-0.05, 0) is 63.1 Å². The van der Waals surface area contributed by atoms with Crippen molar-refractivity contribution in [3.63, 3.8) is 0 Å². The molecule has 0 atom stereocenters. The number of hydrogen-bond acceptors (Lipinski definition) is 7. The Balaban J connectivity index is 1.26. The van der Waals surface area contributed by atoms with E-state index >= 15 is 0 Å². The fourth-order valence-corrected chi connectivity index (χ4v) is 4.74. The third kappa shape index (κ3) is 4.49. The number of aryl methyl sites for hydroxylation is 1. The van der Waals surface area contributed by atoms with Gasteiger partial charge in [0.05, 0.1) is 6.20 Å². The second-order valence-electron chi connectivity index (χ2n) is 8.87. The van der Waals surface area contributed by atoms with E-state index in [2.05, 4.69) is 44.6 Å². The Kier molecular flexibility index (Phi) is 5.83. The number of nitrogens with one attached hydrogen (secondary N) is 2. The predicted molar refractivity (Wildman–Crippen MR) is 125 cm³/mol. The van der Waals surface area contributed by atoms with Crippen LogP contribution in [0.25, 0.3) is 11.0 Å². The van der Waals surface area contributed by atoms with E-state index in [1.165, 1.54) is 11.9 Å². The summed E-state index contributed by atoms with van der Waals surface area (Å²) >= 11 is 0. The van der Waals surface area contributed by atoms with Crippen molar-refractivity contribution in [3.8, 4) is 0 Å². The third-order valence-corrected chi connectivity index (χ3v) is 6.49. The van der Waals surface area contributed by atoms with Gasteiger partial charge in [0, 0.05) is 30.7 Å². The SMILES string of the molecule is Cc1cccc(Nc2ncnc3cnc(NC4CCC(C(=O)N5CCCC5)CC4)nc23)c1. The molecule has 5 rings (SSSR count). The summed E-state index contributed by atoms with van der Waals surface area (Å²) in [5, 5.41) is 6.82. The fourth-order valence-electron chi connectivity index (χ4n) is 4.74. The smallest absolute Gasteiger partial charge is 0.225 e. The van der Waals surface area contributed by atoms with Crippen LogP contribution < -0.4 is 10.6 Å². The molecule has 32 heavy (non-hydrogen) atoms. The molecule has 2 fully saturated rings. The van der Waals surface area contributed by atoms with Gasteiger partial charge in [0.2, 0.25) is 11.9 Å². The molecule has 1 aromatic carbocycles. The van der Waals surface area contributed by atoms with Crippen molar-refractivity contribution in [1.82, 2.24) is 24.8 Å². The third-order valence-electron chi connectivity index (χ3n) is 6.49. The maximum atomic E-state index is 12.7. The van der Waals surface area contributed by atoms with Gasteiger partial charge in [0.1, 0.15) is 17.4 Å². The molecule has 0 bridgehead atoms. The molecule has 2 aliphatic rings. The Morgan fingerprint density at radius 3 is 2.66 bits per heavy atom. The second-order valence-corrected chi connectivity index (χ2v) is 8.87. The van der Waals surface area contributed by atoms with Crippen molar-refractivity contribution in [1.29, 1.82) is 0 Å². The van der Waals surface area contributed by atoms with Gasteiger partial charge in [0.25, 0.3) is 0 Å². The van der Waals surface area contributed by atoms with Crippen LogP contribution in [0.15, 0.2) is 36.8 Å². The van der Waals surface area contributed by atoms with E-state index in [1.807, 2.05) is 17.0 Å². The molecule has 2 aromatic heterocycles. The first-order valence-electron chi connectivity index (χ1n) is 11.5. The van der Waals surface area contributed by atoms with E-state index in [0.29, 0.717) is 28.7 Å². The average molecular weight is 432 g/mol. The summed E-state index contributed by atoms with van der Waals surface area (Å²) in [6.45, 7) is 3.92. The number of benzene rings is 1. The highest BCUT2D eigenvalue weighted by atomic mass is 16.2. The minimum atomic E-state index is 0.169. The van der Waals surface area contributed by atoms with Gasteiger partial charge < -0.3 is 15.5 Å². The zero-order valence-electron chi connectivity index (χ0n) is 18.4. The Labute approximate surface area is 187 Å². The molecule has 2 N–H and O–H groups in total. The van der Waals surface area contributed by atoms with E-state index < -0.39 is 0 Å². The minimum absolute atomic E-state index is 0.169. The molecule has 166 valence electrons. The van der Waals surface area contributed by atoms with Gasteiger partial charge in [-0.2, -0.15) is 0 Å². The van der Waals surface area contributed by atoms with Gasteiger partial charge in [0.15, 0.2) is 5.82 Å². The standard InChI is InChI=1S/C24H29N7O/c1-16-5-4-6-19(13-16)28-22-21-20(26-15-27-22)14-25-24(30-21)29-18-9-7-17(8-10-18)23(32)31-11-2-3-12-31/h4-6,13-15,17-18H,2-3,7-12H2,1H3,(H,25,29,30)(H,26,27,28). The highest BCUT2D eigenvalue weighted by Gasteiger charge is 2.30. The normalized spacial score (nSPS) is 21.0. The van der Waals surface area contributed by atoms with Crippen molar-refractivity contribution < 1.29 is 4.79 Å². The first-order valence-corrected chi connectivity index (χ1v) is 11.5. The summed E-state index contributed by atoms with van der Waals surface area (Å²) in [6.07, 6.45) is 9.29. The first-order chi connectivity index (χ1) is 15.7. The molecule has 3 heterocycles. The molecule has 0 unspecified atom stereocenters. The van der Waals surface area contributed by atoms with E-state index in [4.69, 9.17) is 4.98 Å². The Hall–Kier alpha value is -3.29. The van der Waals surface area contributed by atoms with Gasteiger partial charge in [-0.3, -0.25) is 4.79 Å². The van der Waals surface area contributed by atoms with Crippen LogP contribution in [0, 0.1) is 12.8 Å². The second kappa shape index (κ2) is 9.06. The Morgan fingerprint density at radius 1 is 1.06 bits per heavy atom. The highest BCUT2D eigenvalue weighted by Crippen LogP contribution is 2.29. The number of amides is 1. The Bertz CT molecular complexity index is 1100. The van der Waals surface area contributed by atoms with Gasteiger partial charge >= 0.3 is 0 Å². The molecule has 1 amide bonds. The number of nitrogens with zero attached hydrogens (tertiary/aromatic N) is 5. The van der Waals surface area contributed by atoms with Crippen LogP contribution >= 0.6 is 0 Å². The number of likely N-dealkylation sites (tertiary alicyclic amines) is 1. The number of carbonyl (C=O) groups excluding carboxylic acids is 1. The van der Waals surface area contributed by atoms with Crippen molar-refractivity contribution in [2.24, 2.45) is 5.92 Å². The molecule has 1 aliphatic heterocycles. The van der Waals surface area contributed by atoms with Gasteiger partial charge in [-0.1, -0.05) is 12.1 Å². The zero-order valence-corrected chi connectivity index (χ0v) is 18.4. The van der Waals surface area contributed by atoms with Crippen LogP contribution in [0.2, 0.25) is 0 Å². The van der Waals surface area contributed by atoms with E-state index in [-0.39, 0.29) is 12.0 Å². The number of rotatable bonds is 5. The maximum absolute atomic E-state index is 12.7. The van der Waals surface area contributed by atoms with Gasteiger partial charge in [-0.25, -0.2) is 19.9 Å². The topological polar surface area (TPSA) is 95.9 Å². The lowest BCUT2D eigenvalue weighted by Crippen LogP contribution is -2.37. The van der Waals surface area contributed by atoms with Crippen LogP contribution in [0.1, 0.15) is 44.1 Å². The van der Waals surface area contributed by atoms with Crippen molar-refractivity contribution >= 4 is 34.4 Å². The minimum Gasteiger partial charge on any atom is -0.351 e. The molecule has 8 heteroatoms. The van der Waals surface area contributed by atoms with Crippen LogP contribution in [0.4, 0.5) is 17.5 Å². The van der Waals surface area contributed by atoms with Crippen LogP contribution in [0.5, 0.6) is 0 Å². The monoisotopic (exact) mass is 431 g/mol. The highest BCUT2D eigenvalue weighted by molar-refractivity contribution is 5.87. The number of aromatic nitrogens is 4. The Morgan fingerprint density at radius 2 is 1.88 bits per heavy atom. The number of hydrogen-bond donors (Lipinski definition) is 2. The lowest BCUT2D eigenvalue weighted by atomic mass is 9.85. The summed E-state index contributed by atoms with van der Waals surface area (Å²) < 4.78 is 0. The fraction of sp³-hybridized carbons (Fsp3) is 0.458. The molecule has 0 radical (unpaired) electrons. The maximum Gasteiger partial charge on any atom is 0.225 e. The average Bonchev–Trinajstić information content (AvgIpc) is 3.35. The van der Waals surface area contributed by atoms with Crippen molar-refractivity contribution in [2.75, 3.05) is 23.7 Å². The molecule has 0 spiro atoms. The molecular formula is C24H29N7O. The van der Waals surface area contributed by atoms with E-state index in [9.17, 15) is 4.79 Å². The summed E-state index contributed by atoms with van der Waals surface area (Å²) in [4.78, 5) is 32.6. The van der Waals surface area contributed by atoms with Crippen molar-refractivity contribution in [3.05, 3.63) is 42.4 Å².